The highest BCUT2D eigenvalue weighted by molar-refractivity contribution is 7.89. The fraction of sp³-hybridized carbons (Fsp3) is 0.278. The molecule has 0 bridgehead atoms. The van der Waals surface area contributed by atoms with Crippen LogP contribution in [0.15, 0.2) is 53.4 Å². The third-order valence-corrected chi connectivity index (χ3v) is 5.23. The third-order valence-electron chi connectivity index (χ3n) is 4.30. The zero-order valence-electron chi connectivity index (χ0n) is 14.3. The van der Waals surface area contributed by atoms with Crippen molar-refractivity contribution in [3.05, 3.63) is 54.1 Å². The number of rotatable bonds is 5. The van der Waals surface area contributed by atoms with Gasteiger partial charge in [0.25, 0.3) is 0 Å². The van der Waals surface area contributed by atoms with Crippen LogP contribution in [0.5, 0.6) is 0 Å². The molecule has 0 spiro atoms. The Morgan fingerprint density at radius 2 is 1.69 bits per heavy atom. The summed E-state index contributed by atoms with van der Waals surface area (Å²) in [5, 5.41) is 10.7. The van der Waals surface area contributed by atoms with Crippen molar-refractivity contribution >= 4 is 27.4 Å². The maximum absolute atomic E-state index is 12.2. The summed E-state index contributed by atoms with van der Waals surface area (Å²) in [6, 6.07) is 13.5. The van der Waals surface area contributed by atoms with Gasteiger partial charge in [0, 0.05) is 19.6 Å². The molecular formula is C18H22N4O3S. The minimum absolute atomic E-state index is 0.0465. The number of hydrogen-bond acceptors (Lipinski definition) is 4. The number of carbonyl (C=O) groups excluding carboxylic acids is 1. The van der Waals surface area contributed by atoms with Crippen LogP contribution in [0.4, 0.5) is 16.2 Å². The van der Waals surface area contributed by atoms with Crippen molar-refractivity contribution in [3.63, 3.8) is 0 Å². The molecule has 138 valence electrons. The highest BCUT2D eigenvalue weighted by Crippen LogP contribution is 2.28. The second-order valence-corrected chi connectivity index (χ2v) is 7.77. The van der Waals surface area contributed by atoms with Gasteiger partial charge in [0.15, 0.2) is 0 Å². The van der Waals surface area contributed by atoms with Crippen molar-refractivity contribution in [3.8, 4) is 0 Å². The summed E-state index contributed by atoms with van der Waals surface area (Å²) in [5.74, 6) is 0. The average molecular weight is 374 g/mol. The smallest absolute Gasteiger partial charge is 0.319 e. The van der Waals surface area contributed by atoms with Crippen LogP contribution in [-0.2, 0) is 16.6 Å². The Morgan fingerprint density at radius 1 is 1.04 bits per heavy atom. The lowest BCUT2D eigenvalue weighted by atomic mass is 10.2. The molecule has 2 aromatic carbocycles. The first kappa shape index (κ1) is 18.2. The Labute approximate surface area is 153 Å². The molecule has 7 nitrogen and oxygen atoms in total. The van der Waals surface area contributed by atoms with E-state index in [2.05, 4.69) is 15.5 Å². The molecule has 0 radical (unpaired) electrons. The molecule has 1 aliphatic heterocycles. The maximum atomic E-state index is 12.2. The van der Waals surface area contributed by atoms with Gasteiger partial charge in [-0.05, 0) is 42.7 Å². The van der Waals surface area contributed by atoms with Gasteiger partial charge in [-0.2, -0.15) is 0 Å². The standard InChI is InChI=1S/C18H22N4O3S/c19-26(24,25)15-9-7-14(8-10-15)13-20-18(23)21-16-5-1-2-6-17(16)22-11-3-4-12-22/h1-2,5-10H,3-4,11-13H2,(H2,19,24,25)(H2,20,21,23). The zero-order chi connectivity index (χ0) is 18.6. The predicted molar refractivity (Wildman–Crippen MR) is 102 cm³/mol. The Hall–Kier alpha value is -2.58. The summed E-state index contributed by atoms with van der Waals surface area (Å²) in [6.45, 7) is 2.27. The SMILES string of the molecule is NS(=O)(=O)c1ccc(CNC(=O)Nc2ccccc2N2CCCC2)cc1. The summed E-state index contributed by atoms with van der Waals surface area (Å²) >= 11 is 0. The number of nitrogens with zero attached hydrogens (tertiary/aromatic N) is 1. The number of para-hydroxylation sites is 2. The van der Waals surface area contributed by atoms with Crippen molar-refractivity contribution in [2.75, 3.05) is 23.3 Å². The first-order valence-corrected chi connectivity index (χ1v) is 9.99. The third kappa shape index (κ3) is 4.53. The van der Waals surface area contributed by atoms with Crippen molar-refractivity contribution in [1.82, 2.24) is 5.32 Å². The molecule has 0 saturated carbocycles. The van der Waals surface area contributed by atoms with Gasteiger partial charge in [0.1, 0.15) is 0 Å². The number of hydrogen-bond donors (Lipinski definition) is 3. The van der Waals surface area contributed by atoms with E-state index < -0.39 is 10.0 Å². The van der Waals surface area contributed by atoms with Crippen LogP contribution in [0.1, 0.15) is 18.4 Å². The van der Waals surface area contributed by atoms with Crippen LogP contribution in [0.25, 0.3) is 0 Å². The molecule has 2 aromatic rings. The minimum Gasteiger partial charge on any atom is -0.370 e. The number of benzene rings is 2. The number of primary sulfonamides is 1. The normalized spacial score (nSPS) is 14.3. The van der Waals surface area contributed by atoms with Gasteiger partial charge in [-0.1, -0.05) is 24.3 Å². The van der Waals surface area contributed by atoms with E-state index in [9.17, 15) is 13.2 Å². The number of nitrogens with one attached hydrogen (secondary N) is 2. The molecule has 4 N–H and O–H groups in total. The average Bonchev–Trinajstić information content (AvgIpc) is 3.14. The summed E-state index contributed by atoms with van der Waals surface area (Å²) in [4.78, 5) is 14.5. The number of nitrogens with two attached hydrogens (primary N) is 1. The van der Waals surface area contributed by atoms with E-state index in [1.807, 2.05) is 24.3 Å². The van der Waals surface area contributed by atoms with E-state index in [1.54, 1.807) is 12.1 Å². The number of urea groups is 1. The van der Waals surface area contributed by atoms with E-state index in [0.717, 1.165) is 42.9 Å². The van der Waals surface area contributed by atoms with Crippen molar-refractivity contribution < 1.29 is 13.2 Å². The van der Waals surface area contributed by atoms with Crippen LogP contribution < -0.4 is 20.7 Å². The molecule has 0 atom stereocenters. The highest BCUT2D eigenvalue weighted by atomic mass is 32.2. The van der Waals surface area contributed by atoms with E-state index in [1.165, 1.54) is 12.1 Å². The van der Waals surface area contributed by atoms with Crippen LogP contribution in [0.3, 0.4) is 0 Å². The molecule has 1 heterocycles. The molecule has 1 saturated heterocycles. The second-order valence-electron chi connectivity index (χ2n) is 6.21. The molecule has 1 fully saturated rings. The number of anilines is 2. The van der Waals surface area contributed by atoms with Crippen LogP contribution in [0.2, 0.25) is 0 Å². The molecule has 3 rings (SSSR count). The van der Waals surface area contributed by atoms with Crippen LogP contribution >= 0.6 is 0 Å². The maximum Gasteiger partial charge on any atom is 0.319 e. The molecule has 0 unspecified atom stereocenters. The van der Waals surface area contributed by atoms with E-state index >= 15 is 0 Å². The predicted octanol–water partition coefficient (Wildman–Crippen LogP) is 2.26. The van der Waals surface area contributed by atoms with Crippen LogP contribution in [0, 0.1) is 0 Å². The molecule has 26 heavy (non-hydrogen) atoms. The Balaban J connectivity index is 1.60. The summed E-state index contributed by atoms with van der Waals surface area (Å²) in [5.41, 5.74) is 2.58. The summed E-state index contributed by atoms with van der Waals surface area (Å²) < 4.78 is 22.5. The van der Waals surface area contributed by atoms with E-state index in [-0.39, 0.29) is 17.5 Å². The Morgan fingerprint density at radius 3 is 2.35 bits per heavy atom. The van der Waals surface area contributed by atoms with Gasteiger partial charge in [-0.25, -0.2) is 18.4 Å². The lowest BCUT2D eigenvalue weighted by Gasteiger charge is -2.21. The molecule has 0 aliphatic carbocycles. The van der Waals surface area contributed by atoms with E-state index in [0.29, 0.717) is 0 Å². The topological polar surface area (TPSA) is 105 Å². The largest absolute Gasteiger partial charge is 0.370 e. The van der Waals surface area contributed by atoms with Gasteiger partial charge in [-0.3, -0.25) is 0 Å². The summed E-state index contributed by atoms with van der Waals surface area (Å²) in [6.07, 6.45) is 2.32. The van der Waals surface area contributed by atoms with Gasteiger partial charge in [0.2, 0.25) is 10.0 Å². The lowest BCUT2D eigenvalue weighted by Crippen LogP contribution is -2.29. The van der Waals surface area contributed by atoms with Crippen LogP contribution in [-0.4, -0.2) is 27.5 Å². The van der Waals surface area contributed by atoms with Crippen molar-refractivity contribution in [2.24, 2.45) is 5.14 Å². The minimum atomic E-state index is -3.71. The van der Waals surface area contributed by atoms with Gasteiger partial charge in [0.05, 0.1) is 16.3 Å². The lowest BCUT2D eigenvalue weighted by molar-refractivity contribution is 0.251. The van der Waals surface area contributed by atoms with Crippen molar-refractivity contribution in [1.29, 1.82) is 0 Å². The molecule has 1 aliphatic rings. The molecular weight excluding hydrogens is 352 g/mol. The fourth-order valence-corrected chi connectivity index (χ4v) is 3.47. The molecule has 8 heteroatoms. The number of sulfonamides is 1. The molecule has 0 aromatic heterocycles. The summed E-state index contributed by atoms with van der Waals surface area (Å²) in [7, 11) is -3.71. The number of amides is 2. The number of carbonyl (C=O) groups is 1. The first-order chi connectivity index (χ1) is 12.4. The van der Waals surface area contributed by atoms with Crippen molar-refractivity contribution in [2.45, 2.75) is 24.3 Å². The van der Waals surface area contributed by atoms with Gasteiger partial charge >= 0.3 is 6.03 Å². The Bertz CT molecular complexity index is 876. The fourth-order valence-electron chi connectivity index (χ4n) is 2.96. The highest BCUT2D eigenvalue weighted by Gasteiger charge is 2.16. The molecule has 2 amide bonds. The van der Waals surface area contributed by atoms with E-state index in [4.69, 9.17) is 5.14 Å². The Kier molecular flexibility index (Phi) is 5.43. The van der Waals surface area contributed by atoms with Gasteiger partial charge in [-0.15, -0.1) is 0 Å². The van der Waals surface area contributed by atoms with Gasteiger partial charge < -0.3 is 15.5 Å². The second kappa shape index (κ2) is 7.76. The quantitative estimate of drug-likeness (QED) is 0.746. The monoisotopic (exact) mass is 374 g/mol. The zero-order valence-corrected chi connectivity index (χ0v) is 15.1. The first-order valence-electron chi connectivity index (χ1n) is 8.44.